The van der Waals surface area contributed by atoms with E-state index in [0.717, 1.165) is 66.7 Å². The zero-order valence-electron chi connectivity index (χ0n) is 23.2. The van der Waals surface area contributed by atoms with Crippen molar-refractivity contribution in [2.24, 2.45) is 0 Å². The van der Waals surface area contributed by atoms with Crippen molar-refractivity contribution in [1.82, 2.24) is 14.9 Å². The van der Waals surface area contributed by atoms with Crippen LogP contribution in [0.1, 0.15) is 27.0 Å². The monoisotopic (exact) mass is 593 g/mol. The molecule has 1 fully saturated rings. The lowest BCUT2D eigenvalue weighted by atomic mass is 10.1. The first-order chi connectivity index (χ1) is 20.2. The number of carbonyl (C=O) groups excluding carboxylic acids is 1. The average Bonchev–Trinajstić information content (AvgIpc) is 2.99. The van der Waals surface area contributed by atoms with Crippen LogP contribution >= 0.6 is 11.8 Å². The van der Waals surface area contributed by atoms with Gasteiger partial charge in [-0.25, -0.2) is 9.97 Å². The highest BCUT2D eigenvalue weighted by Crippen LogP contribution is 2.33. The fourth-order valence-corrected chi connectivity index (χ4v) is 5.07. The summed E-state index contributed by atoms with van der Waals surface area (Å²) in [7, 11) is 0. The summed E-state index contributed by atoms with van der Waals surface area (Å²) in [5.41, 5.74) is 4.37. The number of hydrogen-bond acceptors (Lipinski definition) is 7. The molecule has 42 heavy (non-hydrogen) atoms. The van der Waals surface area contributed by atoms with Gasteiger partial charge >= 0.3 is 6.18 Å². The number of halogens is 3. The summed E-state index contributed by atoms with van der Waals surface area (Å²) in [5.74, 6) is 0.0611. The Morgan fingerprint density at radius 1 is 1.02 bits per heavy atom. The Bertz CT molecular complexity index is 1540. The number of hydrogen-bond donors (Lipinski definition) is 2. The fraction of sp³-hybridized carbons (Fsp3) is 0.258. The van der Waals surface area contributed by atoms with Crippen LogP contribution in [0.25, 0.3) is 11.3 Å². The molecule has 3 aromatic carbocycles. The van der Waals surface area contributed by atoms with Crippen molar-refractivity contribution >= 4 is 35.0 Å². The first-order valence-corrected chi connectivity index (χ1v) is 14.6. The molecule has 0 bridgehead atoms. The summed E-state index contributed by atoms with van der Waals surface area (Å²) in [5, 5.41) is 6.14. The van der Waals surface area contributed by atoms with Gasteiger partial charge < -0.3 is 15.4 Å². The lowest BCUT2D eigenvalue weighted by molar-refractivity contribution is -0.137. The molecule has 4 aromatic rings. The predicted molar refractivity (Wildman–Crippen MR) is 159 cm³/mol. The molecule has 2 N–H and O–H groups in total. The number of thioether (sulfide) groups is 1. The van der Waals surface area contributed by atoms with E-state index in [9.17, 15) is 18.0 Å². The van der Waals surface area contributed by atoms with Crippen molar-refractivity contribution in [3.63, 3.8) is 0 Å². The second-order valence-electron chi connectivity index (χ2n) is 9.88. The van der Waals surface area contributed by atoms with Crippen molar-refractivity contribution in [2.75, 3.05) is 43.2 Å². The van der Waals surface area contributed by atoms with Crippen LogP contribution in [0.5, 0.6) is 0 Å². The minimum Gasteiger partial charge on any atom is -0.379 e. The number of aryl methyl sites for hydroxylation is 1. The molecule has 1 aliphatic rings. The van der Waals surface area contributed by atoms with E-state index in [2.05, 4.69) is 31.6 Å². The molecule has 218 valence electrons. The third kappa shape index (κ3) is 7.28. The van der Waals surface area contributed by atoms with Crippen LogP contribution in [-0.4, -0.2) is 53.3 Å². The number of amides is 1. The second-order valence-corrected chi connectivity index (χ2v) is 10.7. The highest BCUT2D eigenvalue weighted by molar-refractivity contribution is 7.98. The molecule has 0 spiro atoms. The summed E-state index contributed by atoms with van der Waals surface area (Å²) >= 11 is 1.40. The molecule has 0 radical (unpaired) electrons. The van der Waals surface area contributed by atoms with Gasteiger partial charge in [0.25, 0.3) is 5.91 Å². The molecule has 7 nitrogen and oxygen atoms in total. The van der Waals surface area contributed by atoms with Crippen LogP contribution in [0.3, 0.4) is 0 Å². The number of ether oxygens (including phenoxy) is 1. The fourth-order valence-electron chi connectivity index (χ4n) is 4.55. The maximum Gasteiger partial charge on any atom is 0.416 e. The van der Waals surface area contributed by atoms with Gasteiger partial charge in [0.2, 0.25) is 5.95 Å². The Morgan fingerprint density at radius 3 is 2.40 bits per heavy atom. The normalized spacial score (nSPS) is 14.0. The highest BCUT2D eigenvalue weighted by atomic mass is 32.2. The maximum atomic E-state index is 13.0. The lowest BCUT2D eigenvalue weighted by Crippen LogP contribution is -2.35. The number of nitrogens with one attached hydrogen (secondary N) is 2. The van der Waals surface area contributed by atoms with Gasteiger partial charge in [0.15, 0.2) is 0 Å². The maximum absolute atomic E-state index is 13.0. The molecule has 0 aliphatic carbocycles. The van der Waals surface area contributed by atoms with Crippen LogP contribution in [0.4, 0.5) is 30.5 Å². The molecule has 1 saturated heterocycles. The molecule has 0 unspecified atom stereocenters. The molecule has 11 heteroatoms. The Labute approximate surface area is 246 Å². The largest absolute Gasteiger partial charge is 0.416 e. The molecule has 1 aromatic heterocycles. The standard InChI is InChI=1S/C31H30F3N5O2S/c1-20-3-4-21(19-39-13-15-41-16-14-39)17-26(20)37-29(40)23-7-11-25(12-8-23)36-30-35-18-27(42-2)28(38-30)22-5-9-24(10-6-22)31(32,33)34/h3-12,17-18H,13-16,19H2,1-2H3,(H,37,40)(H,35,36,38). The van der Waals surface area contributed by atoms with E-state index in [1.54, 1.807) is 30.5 Å². The SMILES string of the molecule is CSc1cnc(Nc2ccc(C(=O)Nc3cc(CN4CCOCC4)ccc3C)cc2)nc1-c1ccc(C(F)(F)F)cc1. The second kappa shape index (κ2) is 12.9. The molecular formula is C31H30F3N5O2S. The number of morpholine rings is 1. The van der Waals surface area contributed by atoms with Crippen LogP contribution in [0, 0.1) is 6.92 Å². The number of benzene rings is 3. The zero-order valence-corrected chi connectivity index (χ0v) is 24.0. The van der Waals surface area contributed by atoms with Gasteiger partial charge in [-0.2, -0.15) is 13.2 Å². The van der Waals surface area contributed by atoms with Crippen molar-refractivity contribution in [1.29, 1.82) is 0 Å². The zero-order chi connectivity index (χ0) is 29.7. The minimum absolute atomic E-state index is 0.224. The van der Waals surface area contributed by atoms with E-state index in [0.29, 0.717) is 22.5 Å². The summed E-state index contributed by atoms with van der Waals surface area (Å²) < 4.78 is 44.4. The molecule has 1 aliphatic heterocycles. The average molecular weight is 594 g/mol. The smallest absolute Gasteiger partial charge is 0.379 e. The van der Waals surface area contributed by atoms with Gasteiger partial charge in [-0.1, -0.05) is 24.3 Å². The summed E-state index contributed by atoms with van der Waals surface area (Å²) in [4.78, 5) is 25.0. The van der Waals surface area contributed by atoms with E-state index in [1.165, 1.54) is 23.9 Å². The highest BCUT2D eigenvalue weighted by Gasteiger charge is 2.30. The van der Waals surface area contributed by atoms with Crippen molar-refractivity contribution < 1.29 is 22.7 Å². The van der Waals surface area contributed by atoms with E-state index in [-0.39, 0.29) is 11.9 Å². The number of rotatable bonds is 8. The quantitative estimate of drug-likeness (QED) is 0.213. The molecule has 0 saturated carbocycles. The number of aromatic nitrogens is 2. The Hall–Kier alpha value is -3.93. The Kier molecular flexibility index (Phi) is 9.10. The Morgan fingerprint density at radius 2 is 1.74 bits per heavy atom. The minimum atomic E-state index is -4.41. The number of carbonyl (C=O) groups is 1. The predicted octanol–water partition coefficient (Wildman–Crippen LogP) is 7.02. The van der Waals surface area contributed by atoms with Gasteiger partial charge in [0, 0.05) is 48.3 Å². The van der Waals surface area contributed by atoms with E-state index < -0.39 is 11.7 Å². The van der Waals surface area contributed by atoms with E-state index >= 15 is 0 Å². The molecule has 1 amide bonds. The molecule has 0 atom stereocenters. The summed E-state index contributed by atoms with van der Waals surface area (Å²) in [6.07, 6.45) is -0.927. The third-order valence-electron chi connectivity index (χ3n) is 6.92. The van der Waals surface area contributed by atoms with E-state index in [4.69, 9.17) is 4.74 Å². The Balaban J connectivity index is 1.26. The first-order valence-electron chi connectivity index (χ1n) is 13.4. The summed E-state index contributed by atoms with van der Waals surface area (Å²) in [6.45, 7) is 6.00. The van der Waals surface area contributed by atoms with Crippen LogP contribution in [-0.2, 0) is 17.5 Å². The van der Waals surface area contributed by atoms with Gasteiger partial charge in [-0.3, -0.25) is 9.69 Å². The molecular weight excluding hydrogens is 563 g/mol. The van der Waals surface area contributed by atoms with Crippen molar-refractivity contribution in [3.8, 4) is 11.3 Å². The van der Waals surface area contributed by atoms with E-state index in [1.807, 2.05) is 25.3 Å². The number of nitrogens with zero attached hydrogens (tertiary/aromatic N) is 3. The van der Waals surface area contributed by atoms with Gasteiger partial charge in [-0.15, -0.1) is 11.8 Å². The van der Waals surface area contributed by atoms with Crippen LogP contribution in [0.2, 0.25) is 0 Å². The van der Waals surface area contributed by atoms with Crippen molar-refractivity contribution in [2.45, 2.75) is 24.5 Å². The summed E-state index contributed by atoms with van der Waals surface area (Å²) in [6, 6.07) is 17.9. The number of anilines is 3. The van der Waals surface area contributed by atoms with Gasteiger partial charge in [0.05, 0.1) is 29.4 Å². The van der Waals surface area contributed by atoms with Crippen molar-refractivity contribution in [3.05, 3.63) is 95.2 Å². The van der Waals surface area contributed by atoms with Crippen LogP contribution in [0.15, 0.2) is 77.8 Å². The molecule has 2 heterocycles. The molecule has 5 rings (SSSR count). The first kappa shape index (κ1) is 29.6. The van der Waals surface area contributed by atoms with Gasteiger partial charge in [0.1, 0.15) is 0 Å². The lowest BCUT2D eigenvalue weighted by Gasteiger charge is -2.26. The van der Waals surface area contributed by atoms with Gasteiger partial charge in [-0.05, 0) is 66.8 Å². The number of alkyl halides is 3. The van der Waals surface area contributed by atoms with Crippen LogP contribution < -0.4 is 10.6 Å². The topological polar surface area (TPSA) is 79.4 Å². The third-order valence-corrected chi connectivity index (χ3v) is 7.66.